The van der Waals surface area contributed by atoms with Crippen LogP contribution in [0.1, 0.15) is 171 Å². The molecule has 0 bridgehead atoms. The van der Waals surface area contributed by atoms with E-state index in [2.05, 4.69) is 99.6 Å². The average molecular weight is 513 g/mol. The standard InChI is InChI=1S/C37H68/c1-34(2,3)27-19-13-11-12-14-20-29-36(7,8)37(9,10)30-21-18-25-33(26-22-28-35(4,5)6)31-32-23-16-15-17-24-32/h15-17,23-24,33H,11-14,18-22,25-31H2,1-10H3. The van der Waals surface area contributed by atoms with Gasteiger partial charge in [0.2, 0.25) is 0 Å². The molecule has 0 aromatic heterocycles. The highest BCUT2D eigenvalue weighted by Crippen LogP contribution is 2.46. The van der Waals surface area contributed by atoms with Crippen LogP contribution < -0.4 is 0 Å². The average Bonchev–Trinajstić information content (AvgIpc) is 2.77. The maximum absolute atomic E-state index is 2.55. The van der Waals surface area contributed by atoms with Crippen LogP contribution in [0.25, 0.3) is 0 Å². The van der Waals surface area contributed by atoms with Crippen molar-refractivity contribution in [2.45, 2.75) is 172 Å². The molecule has 0 spiro atoms. The first-order valence-electron chi connectivity index (χ1n) is 16.2. The summed E-state index contributed by atoms with van der Waals surface area (Å²) in [5.41, 5.74) is 3.33. The summed E-state index contributed by atoms with van der Waals surface area (Å²) >= 11 is 0. The van der Waals surface area contributed by atoms with E-state index >= 15 is 0 Å². The first-order valence-corrected chi connectivity index (χ1v) is 16.2. The molecule has 1 rings (SSSR count). The van der Waals surface area contributed by atoms with Crippen LogP contribution in [0.2, 0.25) is 0 Å². The first kappa shape index (κ1) is 34.2. The largest absolute Gasteiger partial charge is 0.0622 e. The van der Waals surface area contributed by atoms with Crippen molar-refractivity contribution in [2.75, 3.05) is 0 Å². The minimum absolute atomic E-state index is 0.418. The van der Waals surface area contributed by atoms with Gasteiger partial charge in [-0.1, -0.05) is 170 Å². The minimum atomic E-state index is 0.418. The molecule has 1 atom stereocenters. The Morgan fingerprint density at radius 2 is 0.865 bits per heavy atom. The fourth-order valence-corrected chi connectivity index (χ4v) is 5.82. The van der Waals surface area contributed by atoms with Gasteiger partial charge in [-0.25, -0.2) is 0 Å². The second kappa shape index (κ2) is 16.4. The summed E-state index contributed by atoms with van der Waals surface area (Å²) in [7, 11) is 0. The van der Waals surface area contributed by atoms with E-state index in [0.717, 1.165) is 5.92 Å². The topological polar surface area (TPSA) is 0 Å². The van der Waals surface area contributed by atoms with Gasteiger partial charge < -0.3 is 0 Å². The van der Waals surface area contributed by atoms with Crippen molar-refractivity contribution >= 4 is 0 Å². The van der Waals surface area contributed by atoms with E-state index in [4.69, 9.17) is 0 Å². The van der Waals surface area contributed by atoms with Crippen LogP contribution in [0.3, 0.4) is 0 Å². The summed E-state index contributed by atoms with van der Waals surface area (Å²) in [6.07, 6.45) is 22.2. The lowest BCUT2D eigenvalue weighted by Crippen LogP contribution is -2.32. The van der Waals surface area contributed by atoms with Gasteiger partial charge in [-0.15, -0.1) is 0 Å². The number of hydrogen-bond acceptors (Lipinski definition) is 0. The van der Waals surface area contributed by atoms with Crippen LogP contribution in [0.15, 0.2) is 30.3 Å². The fourth-order valence-electron chi connectivity index (χ4n) is 5.82. The Labute approximate surface area is 235 Å². The van der Waals surface area contributed by atoms with Crippen molar-refractivity contribution in [3.63, 3.8) is 0 Å². The van der Waals surface area contributed by atoms with Gasteiger partial charge >= 0.3 is 0 Å². The smallest absolute Gasteiger partial charge is 0.0250 e. The maximum atomic E-state index is 2.55. The Kier molecular flexibility index (Phi) is 15.1. The Bertz CT molecular complexity index is 679. The second-order valence-electron chi connectivity index (χ2n) is 16.2. The third kappa shape index (κ3) is 16.7. The number of hydrogen-bond donors (Lipinski definition) is 0. The molecular formula is C37H68. The highest BCUT2D eigenvalue weighted by atomic mass is 14.4. The third-order valence-corrected chi connectivity index (χ3v) is 9.38. The zero-order valence-electron chi connectivity index (χ0n) is 27.3. The predicted octanol–water partition coefficient (Wildman–Crippen LogP) is 12.8. The summed E-state index contributed by atoms with van der Waals surface area (Å²) in [5.74, 6) is 0.837. The zero-order valence-corrected chi connectivity index (χ0v) is 27.3. The quantitative estimate of drug-likeness (QED) is 0.162. The van der Waals surface area contributed by atoms with Crippen molar-refractivity contribution in [1.29, 1.82) is 0 Å². The number of rotatable bonds is 19. The lowest BCUT2D eigenvalue weighted by Gasteiger charge is -2.42. The SMILES string of the molecule is CC(C)(C)CCCCCCCCC(C)(C)C(C)(C)CCCCC(CCCC(C)(C)C)Cc1ccccc1. The first-order chi connectivity index (χ1) is 17.1. The van der Waals surface area contributed by atoms with Crippen LogP contribution in [0.4, 0.5) is 0 Å². The Morgan fingerprint density at radius 1 is 0.459 bits per heavy atom. The normalized spacial score (nSPS) is 14.2. The van der Waals surface area contributed by atoms with Crippen molar-refractivity contribution in [2.24, 2.45) is 27.6 Å². The second-order valence-corrected chi connectivity index (χ2v) is 16.2. The molecular weight excluding hydrogens is 444 g/mol. The molecule has 1 aromatic carbocycles. The van der Waals surface area contributed by atoms with Crippen LogP contribution >= 0.6 is 0 Å². The summed E-state index contributed by atoms with van der Waals surface area (Å²) < 4.78 is 0. The molecule has 0 saturated carbocycles. The van der Waals surface area contributed by atoms with E-state index < -0.39 is 0 Å². The zero-order chi connectivity index (χ0) is 28.0. The van der Waals surface area contributed by atoms with Crippen molar-refractivity contribution in [3.8, 4) is 0 Å². The van der Waals surface area contributed by atoms with Crippen LogP contribution in [0.5, 0.6) is 0 Å². The Morgan fingerprint density at radius 3 is 1.38 bits per heavy atom. The molecule has 0 saturated heterocycles. The molecule has 0 heteroatoms. The molecule has 0 N–H and O–H groups in total. The summed E-state index contributed by atoms with van der Waals surface area (Å²) in [5, 5.41) is 0. The highest BCUT2D eigenvalue weighted by Gasteiger charge is 2.35. The maximum Gasteiger partial charge on any atom is -0.0250 e. The van der Waals surface area contributed by atoms with Crippen molar-refractivity contribution in [1.82, 2.24) is 0 Å². The van der Waals surface area contributed by atoms with E-state index in [-0.39, 0.29) is 0 Å². The van der Waals surface area contributed by atoms with Crippen molar-refractivity contribution < 1.29 is 0 Å². The van der Waals surface area contributed by atoms with E-state index in [1.807, 2.05) is 0 Å². The molecule has 1 aromatic rings. The van der Waals surface area contributed by atoms with Gasteiger partial charge in [0, 0.05) is 0 Å². The molecule has 37 heavy (non-hydrogen) atoms. The van der Waals surface area contributed by atoms with E-state index in [0.29, 0.717) is 21.7 Å². The number of benzene rings is 1. The monoisotopic (exact) mass is 513 g/mol. The molecule has 0 nitrogen and oxygen atoms in total. The van der Waals surface area contributed by atoms with Gasteiger partial charge in [0.1, 0.15) is 0 Å². The Hall–Kier alpha value is -0.780. The molecule has 0 aliphatic heterocycles. The molecule has 216 valence electrons. The van der Waals surface area contributed by atoms with Gasteiger partial charge in [0.25, 0.3) is 0 Å². The van der Waals surface area contributed by atoms with E-state index in [9.17, 15) is 0 Å². The number of unbranched alkanes of at least 4 members (excludes halogenated alkanes) is 6. The summed E-state index contributed by atoms with van der Waals surface area (Å²) in [6, 6.07) is 11.2. The third-order valence-electron chi connectivity index (χ3n) is 9.38. The van der Waals surface area contributed by atoms with Gasteiger partial charge in [-0.05, 0) is 65.2 Å². The molecule has 0 radical (unpaired) electrons. The van der Waals surface area contributed by atoms with Crippen LogP contribution in [0, 0.1) is 27.6 Å². The molecule has 0 heterocycles. The predicted molar refractivity (Wildman–Crippen MR) is 169 cm³/mol. The Balaban J connectivity index is 2.38. The van der Waals surface area contributed by atoms with Gasteiger partial charge in [0.05, 0.1) is 0 Å². The summed E-state index contributed by atoms with van der Waals surface area (Å²) in [4.78, 5) is 0. The lowest BCUT2D eigenvalue weighted by molar-refractivity contribution is 0.0809. The molecule has 0 amide bonds. The summed E-state index contributed by atoms with van der Waals surface area (Å²) in [6.45, 7) is 24.4. The van der Waals surface area contributed by atoms with Crippen LogP contribution in [-0.2, 0) is 6.42 Å². The van der Waals surface area contributed by atoms with Crippen molar-refractivity contribution in [3.05, 3.63) is 35.9 Å². The highest BCUT2D eigenvalue weighted by molar-refractivity contribution is 5.15. The fraction of sp³-hybridized carbons (Fsp3) is 0.838. The lowest BCUT2D eigenvalue weighted by atomic mass is 9.63. The van der Waals surface area contributed by atoms with Gasteiger partial charge in [0.15, 0.2) is 0 Å². The van der Waals surface area contributed by atoms with E-state index in [1.54, 1.807) is 0 Å². The van der Waals surface area contributed by atoms with Crippen LogP contribution in [-0.4, -0.2) is 0 Å². The van der Waals surface area contributed by atoms with E-state index in [1.165, 1.54) is 108 Å². The van der Waals surface area contributed by atoms with Gasteiger partial charge in [-0.3, -0.25) is 0 Å². The van der Waals surface area contributed by atoms with Gasteiger partial charge in [-0.2, -0.15) is 0 Å². The molecule has 0 aliphatic rings. The minimum Gasteiger partial charge on any atom is -0.0622 e. The molecule has 0 aliphatic carbocycles. The molecule has 1 unspecified atom stereocenters. The molecule has 0 fully saturated rings.